The van der Waals surface area contributed by atoms with Crippen molar-refractivity contribution in [2.24, 2.45) is 10.3 Å². The van der Waals surface area contributed by atoms with Crippen molar-refractivity contribution in [2.45, 2.75) is 25.3 Å². The van der Waals surface area contributed by atoms with E-state index >= 15 is 0 Å². The Labute approximate surface area is 193 Å². The van der Waals surface area contributed by atoms with Gasteiger partial charge in [0.1, 0.15) is 28.3 Å². The number of rotatable bonds is 5. The van der Waals surface area contributed by atoms with Crippen LogP contribution >= 0.6 is 0 Å². The molecule has 0 bridgehead atoms. The quantitative estimate of drug-likeness (QED) is 0.333. The molecule has 0 radical (unpaired) electrons. The third-order valence-electron chi connectivity index (χ3n) is 5.36. The monoisotopic (exact) mass is 483 g/mol. The molecule has 1 aliphatic rings. The summed E-state index contributed by atoms with van der Waals surface area (Å²) in [7, 11) is -4.34. The van der Waals surface area contributed by atoms with E-state index in [0.717, 1.165) is 0 Å². The van der Waals surface area contributed by atoms with Crippen molar-refractivity contribution in [3.63, 3.8) is 0 Å². The molecule has 2 aromatic heterocycles. The lowest BCUT2D eigenvalue weighted by Crippen LogP contribution is -2.37. The first-order valence-corrected chi connectivity index (χ1v) is 11.9. The Kier molecular flexibility index (Phi) is 5.06. The highest BCUT2D eigenvalue weighted by Crippen LogP contribution is 2.36. The molecule has 0 spiro atoms. The molecule has 0 fully saturated rings. The molecule has 2 aromatic carbocycles. The van der Waals surface area contributed by atoms with Gasteiger partial charge in [-0.25, -0.2) is 9.66 Å². The summed E-state index contributed by atoms with van der Waals surface area (Å²) in [5, 5.41) is 23.5. The maximum absolute atomic E-state index is 13.5. The minimum atomic E-state index is -4.34. The molecule has 11 nitrogen and oxygen atoms in total. The fourth-order valence-electron chi connectivity index (χ4n) is 3.84. The van der Waals surface area contributed by atoms with Crippen molar-refractivity contribution in [2.75, 3.05) is 17.3 Å². The minimum absolute atomic E-state index is 0.00981. The summed E-state index contributed by atoms with van der Waals surface area (Å²) in [4.78, 5) is 17.3. The van der Waals surface area contributed by atoms with Crippen molar-refractivity contribution in [1.82, 2.24) is 9.66 Å². The highest BCUT2D eigenvalue weighted by molar-refractivity contribution is 7.90. The van der Waals surface area contributed by atoms with Gasteiger partial charge >= 0.3 is 0 Å². The number of pyridine rings is 1. The zero-order valence-electron chi connectivity index (χ0n) is 18.2. The minimum Gasteiger partial charge on any atom is -0.506 e. The Hall–Kier alpha value is -3.90. The Morgan fingerprint density at radius 3 is 2.71 bits per heavy atom. The van der Waals surface area contributed by atoms with E-state index in [-0.39, 0.29) is 44.9 Å². The maximum atomic E-state index is 13.5. The van der Waals surface area contributed by atoms with Gasteiger partial charge in [-0.3, -0.25) is 4.79 Å². The lowest BCUT2D eigenvalue weighted by molar-refractivity contribution is 0.244. The largest absolute Gasteiger partial charge is 0.506 e. The van der Waals surface area contributed by atoms with Crippen LogP contribution in [0, 0.1) is 5.92 Å². The van der Waals surface area contributed by atoms with Crippen LogP contribution in [0.5, 0.6) is 5.75 Å². The lowest BCUT2D eigenvalue weighted by Gasteiger charge is -2.21. The molecule has 12 heteroatoms. The van der Waals surface area contributed by atoms with E-state index in [0.29, 0.717) is 17.4 Å². The molecular formula is C22H21N5O6S. The number of anilines is 1. The summed E-state index contributed by atoms with van der Waals surface area (Å²) in [6.07, 6.45) is 0. The summed E-state index contributed by atoms with van der Waals surface area (Å²) >= 11 is 0. The molecule has 34 heavy (non-hydrogen) atoms. The smallest absolute Gasteiger partial charge is 0.288 e. The second kappa shape index (κ2) is 7.85. The third-order valence-corrected chi connectivity index (χ3v) is 6.72. The van der Waals surface area contributed by atoms with E-state index in [1.165, 1.54) is 16.8 Å². The Morgan fingerprint density at radius 2 is 1.97 bits per heavy atom. The highest BCUT2D eigenvalue weighted by Gasteiger charge is 2.33. The number of oxazole rings is 1. The fraction of sp³-hybridized carbons (Fsp3) is 0.227. The average molecular weight is 484 g/mol. The Morgan fingerprint density at radius 1 is 1.21 bits per heavy atom. The number of hydrogen-bond acceptors (Lipinski definition) is 9. The zero-order chi connectivity index (χ0) is 24.2. The number of aliphatic hydroxyl groups excluding tert-OH is 1. The molecule has 0 saturated heterocycles. The number of sulfonamides is 1. The first kappa shape index (κ1) is 21.9. The van der Waals surface area contributed by atoms with E-state index in [2.05, 4.69) is 20.1 Å². The van der Waals surface area contributed by atoms with Gasteiger partial charge in [0, 0.05) is 11.9 Å². The van der Waals surface area contributed by atoms with E-state index in [4.69, 9.17) is 4.42 Å². The van der Waals surface area contributed by atoms with Gasteiger partial charge in [-0.1, -0.05) is 26.0 Å². The maximum Gasteiger partial charge on any atom is 0.288 e. The van der Waals surface area contributed by atoms with Crippen molar-refractivity contribution < 1.29 is 23.0 Å². The molecule has 0 atom stereocenters. The normalized spacial score (nSPS) is 14.8. The number of aromatic hydroxyl groups is 1. The van der Waals surface area contributed by atoms with Gasteiger partial charge in [0.05, 0.1) is 11.2 Å². The predicted octanol–water partition coefficient (Wildman–Crippen LogP) is 2.10. The summed E-state index contributed by atoms with van der Waals surface area (Å²) < 4.78 is 36.8. The second-order valence-corrected chi connectivity index (χ2v) is 9.77. The number of aromatic nitrogens is 2. The van der Waals surface area contributed by atoms with Crippen LogP contribution in [-0.2, 0) is 16.6 Å². The number of amidine groups is 1. The number of nitrogens with zero attached hydrogens (tertiary/aromatic N) is 3. The van der Waals surface area contributed by atoms with Gasteiger partial charge in [-0.2, -0.15) is 8.42 Å². The number of para-hydroxylation sites is 1. The third kappa shape index (κ3) is 3.38. The van der Waals surface area contributed by atoms with Crippen LogP contribution in [0.15, 0.2) is 54.9 Å². The van der Waals surface area contributed by atoms with Crippen molar-refractivity contribution in [3.8, 4) is 5.75 Å². The van der Waals surface area contributed by atoms with Gasteiger partial charge < -0.3 is 25.4 Å². The van der Waals surface area contributed by atoms with Gasteiger partial charge in [-0.05, 0) is 30.2 Å². The molecule has 4 N–H and O–H groups in total. The molecule has 5 rings (SSSR count). The zero-order valence-corrected chi connectivity index (χ0v) is 19.0. The number of benzene rings is 2. The summed E-state index contributed by atoms with van der Waals surface area (Å²) in [5.41, 5.74) is 2.83. The van der Waals surface area contributed by atoms with Crippen LogP contribution in [0.1, 0.15) is 25.3 Å². The van der Waals surface area contributed by atoms with E-state index in [9.17, 15) is 23.4 Å². The van der Waals surface area contributed by atoms with E-state index in [1.807, 2.05) is 13.8 Å². The molecule has 0 aliphatic carbocycles. The van der Waals surface area contributed by atoms with Gasteiger partial charge in [0.2, 0.25) is 5.89 Å². The molecule has 0 saturated carbocycles. The summed E-state index contributed by atoms with van der Waals surface area (Å²) in [5.74, 6) is -0.530. The molecule has 0 unspecified atom stereocenters. The molecule has 4 aromatic rings. The standard InChI is InChI=1S/C22H21N5O6S/c1-11(2)9-23-27-14-6-4-3-5-12(14)19(29)17(22(27)30)21-24-13-7-8-15-18(25-16(10-28)33-15)20(13)34(31,32)26-21/h3-8,11,23,28-29H,9-10H2,1-2H3,(H,24,26). The van der Waals surface area contributed by atoms with Crippen molar-refractivity contribution in [3.05, 3.63) is 58.2 Å². The van der Waals surface area contributed by atoms with E-state index in [1.54, 1.807) is 24.3 Å². The van der Waals surface area contributed by atoms with Crippen LogP contribution in [0.4, 0.5) is 5.69 Å². The van der Waals surface area contributed by atoms with Gasteiger partial charge in [-0.15, -0.1) is 4.40 Å². The number of nitrogens with one attached hydrogen (secondary N) is 2. The van der Waals surface area contributed by atoms with E-state index < -0.39 is 27.9 Å². The first-order valence-electron chi connectivity index (χ1n) is 10.5. The molecule has 0 amide bonds. The van der Waals surface area contributed by atoms with Gasteiger partial charge in [0.25, 0.3) is 15.6 Å². The second-order valence-electron chi connectivity index (χ2n) is 8.23. The highest BCUT2D eigenvalue weighted by atomic mass is 32.2. The van der Waals surface area contributed by atoms with Crippen molar-refractivity contribution >= 4 is 43.5 Å². The lowest BCUT2D eigenvalue weighted by atomic mass is 10.1. The topological polar surface area (TPSA) is 159 Å². The first-order chi connectivity index (χ1) is 16.2. The van der Waals surface area contributed by atoms with Crippen LogP contribution in [0.3, 0.4) is 0 Å². The number of aliphatic hydroxyl groups is 1. The molecule has 3 heterocycles. The molecule has 176 valence electrons. The van der Waals surface area contributed by atoms with Crippen LogP contribution in [0.25, 0.3) is 22.0 Å². The Bertz CT molecular complexity index is 1650. The van der Waals surface area contributed by atoms with Gasteiger partial charge in [0.15, 0.2) is 11.4 Å². The number of hydrogen-bond donors (Lipinski definition) is 4. The van der Waals surface area contributed by atoms with Crippen LogP contribution < -0.4 is 16.3 Å². The number of fused-ring (bicyclic) bond motifs is 4. The predicted molar refractivity (Wildman–Crippen MR) is 126 cm³/mol. The summed E-state index contributed by atoms with van der Waals surface area (Å²) in [6, 6.07) is 9.68. The van der Waals surface area contributed by atoms with Crippen molar-refractivity contribution in [1.29, 1.82) is 0 Å². The molecule has 1 aliphatic heterocycles. The Balaban J connectivity index is 1.74. The van der Waals surface area contributed by atoms with Crippen LogP contribution in [-0.4, -0.2) is 40.7 Å². The van der Waals surface area contributed by atoms with Crippen LogP contribution in [0.2, 0.25) is 0 Å². The summed E-state index contributed by atoms with van der Waals surface area (Å²) in [6.45, 7) is 3.92. The fourth-order valence-corrected chi connectivity index (χ4v) is 5.09. The average Bonchev–Trinajstić information content (AvgIpc) is 3.21. The SMILES string of the molecule is CC(C)CNn1c(=O)c(C2=NS(=O)(=O)c3c(ccc4oc(CO)nc34)N2)c(O)c2ccccc21. The molecular weight excluding hydrogens is 462 g/mol.